The van der Waals surface area contributed by atoms with Gasteiger partial charge in [-0.15, -0.1) is 0 Å². The molecular formula is C9H8O3Tl. The van der Waals surface area contributed by atoms with Crippen molar-refractivity contribution in [1.29, 1.82) is 0 Å². The molecule has 0 aromatic heterocycles. The first kappa shape index (κ1) is 12.3. The third-order valence-electron chi connectivity index (χ3n) is 1.06. The molecule has 65 valence electrons. The molecule has 13 heavy (non-hydrogen) atoms. The van der Waals surface area contributed by atoms with Gasteiger partial charge in [0.1, 0.15) is 0 Å². The van der Waals surface area contributed by atoms with Crippen LogP contribution in [-0.2, 0) is 4.79 Å². The molecule has 1 rings (SSSR count). The van der Waals surface area contributed by atoms with E-state index in [1.54, 1.807) is 0 Å². The molecule has 0 radical (unpaired) electrons. The molecule has 0 bridgehead atoms. The molecule has 0 aliphatic carbocycles. The van der Waals surface area contributed by atoms with E-state index in [2.05, 4.69) is 0 Å². The number of aliphatic carboxylic acids is 1. The van der Waals surface area contributed by atoms with Crippen LogP contribution in [0.2, 0.25) is 0 Å². The topological polar surface area (TPSA) is 57.2 Å². The molecule has 0 heterocycles. The van der Waals surface area contributed by atoms with Gasteiger partial charge in [0.05, 0.1) is 0 Å². The van der Waals surface area contributed by atoms with Crippen molar-refractivity contribution in [3.8, 4) is 0 Å². The first-order valence-corrected chi connectivity index (χ1v) is 5.81. The molecule has 0 aliphatic rings. The van der Waals surface area contributed by atoms with E-state index in [0.29, 0.717) is 25.8 Å². The molecular weight excluding hydrogens is 360 g/mol. The van der Waals surface area contributed by atoms with Crippen LogP contribution in [0.4, 0.5) is 0 Å². The zero-order chi connectivity index (χ0) is 10.3. The van der Waals surface area contributed by atoms with Gasteiger partial charge >= 0.3 is 69.8 Å². The summed E-state index contributed by atoms with van der Waals surface area (Å²) < 4.78 is 0.288. The Morgan fingerprint density at radius 1 is 1.23 bits per heavy atom. The Morgan fingerprint density at radius 3 is 1.85 bits per heavy atom. The van der Waals surface area contributed by atoms with Gasteiger partial charge in [0.15, 0.2) is 0 Å². The molecule has 0 aliphatic heterocycles. The van der Waals surface area contributed by atoms with E-state index < -0.39 is 5.97 Å². The van der Waals surface area contributed by atoms with Crippen LogP contribution < -0.4 is 5.11 Å². The molecule has 1 aromatic carbocycles. The maximum absolute atomic E-state index is 10.7. The van der Waals surface area contributed by atoms with E-state index in [4.69, 9.17) is 9.90 Å². The van der Waals surface area contributed by atoms with Gasteiger partial charge in [-0.1, -0.05) is 0 Å². The summed E-state index contributed by atoms with van der Waals surface area (Å²) in [7, 11) is 0. The van der Waals surface area contributed by atoms with E-state index in [0.717, 1.165) is 12.5 Å². The van der Waals surface area contributed by atoms with Crippen molar-refractivity contribution in [2.24, 2.45) is 0 Å². The Hall–Kier alpha value is -0.718. The van der Waals surface area contributed by atoms with Crippen LogP contribution in [-0.4, -0.2) is 35.1 Å². The SMILES string of the molecule is CC(=O)[O-].O=[C]([Tl+])c1ccccc1. The molecule has 3 nitrogen and oxygen atoms in total. The quantitative estimate of drug-likeness (QED) is 0.643. The zero-order valence-electron chi connectivity index (χ0n) is 7.19. The van der Waals surface area contributed by atoms with Crippen molar-refractivity contribution in [3.05, 3.63) is 35.9 Å². The summed E-state index contributed by atoms with van der Waals surface area (Å²) in [6.45, 7) is 0.972. The van der Waals surface area contributed by atoms with Gasteiger partial charge in [0.2, 0.25) is 0 Å². The number of carboxylic acid groups (broad SMARTS) is 1. The maximum atomic E-state index is 10.7. The van der Waals surface area contributed by atoms with E-state index >= 15 is 0 Å². The summed E-state index contributed by atoms with van der Waals surface area (Å²) in [6, 6.07) is 9.38. The van der Waals surface area contributed by atoms with Crippen LogP contribution in [0, 0.1) is 0 Å². The number of carbonyl (C=O) groups is 2. The summed E-state index contributed by atoms with van der Waals surface area (Å²) >= 11 is 0.428. The van der Waals surface area contributed by atoms with Crippen LogP contribution >= 0.6 is 0 Å². The number of hydrogen-bond donors (Lipinski definition) is 0. The molecule has 0 amide bonds. The summed E-state index contributed by atoms with van der Waals surface area (Å²) in [4.78, 5) is 19.6. The number of hydrogen-bond acceptors (Lipinski definition) is 3. The summed E-state index contributed by atoms with van der Waals surface area (Å²) in [5.41, 5.74) is 0.850. The fourth-order valence-electron chi connectivity index (χ4n) is 0.602. The van der Waals surface area contributed by atoms with Crippen molar-refractivity contribution in [2.75, 3.05) is 0 Å². The number of rotatable bonds is 1. The van der Waals surface area contributed by atoms with Crippen molar-refractivity contribution >= 4 is 35.1 Å². The van der Waals surface area contributed by atoms with Gasteiger partial charge in [-0.05, 0) is 6.92 Å². The third-order valence-corrected chi connectivity index (χ3v) is 2.35. The average molecular weight is 369 g/mol. The van der Waals surface area contributed by atoms with E-state index in [1.165, 1.54) is 0 Å². The Balaban J connectivity index is 0.000000310. The van der Waals surface area contributed by atoms with Crippen LogP contribution in [0.15, 0.2) is 30.3 Å². The monoisotopic (exact) mass is 369 g/mol. The first-order valence-electron chi connectivity index (χ1n) is 3.56. The van der Waals surface area contributed by atoms with Gasteiger partial charge < -0.3 is 9.90 Å². The molecule has 0 saturated carbocycles. The summed E-state index contributed by atoms with van der Waals surface area (Å²) in [5, 5.41) is 8.89. The number of carbonyl (C=O) groups excluding carboxylic acids is 2. The zero-order valence-corrected chi connectivity index (χ0v) is 11.7. The molecule has 0 unspecified atom stereocenters. The van der Waals surface area contributed by atoms with Crippen molar-refractivity contribution in [3.63, 3.8) is 0 Å². The van der Waals surface area contributed by atoms with Crippen LogP contribution in [0.3, 0.4) is 0 Å². The normalized spacial score (nSPS) is 8.23. The summed E-state index contributed by atoms with van der Waals surface area (Å²) in [5.74, 6) is -1.08. The van der Waals surface area contributed by atoms with Gasteiger partial charge in [-0.3, -0.25) is 0 Å². The Labute approximate surface area is 92.5 Å². The Kier molecular flexibility index (Phi) is 6.39. The molecule has 0 N–H and O–H groups in total. The average Bonchev–Trinajstić information content (AvgIpc) is 2.05. The van der Waals surface area contributed by atoms with Crippen LogP contribution in [0.5, 0.6) is 0 Å². The fourth-order valence-corrected chi connectivity index (χ4v) is 1.35. The molecule has 0 saturated heterocycles. The second-order valence-electron chi connectivity index (χ2n) is 2.22. The predicted octanol–water partition coefficient (Wildman–Crippen LogP) is -0.249. The van der Waals surface area contributed by atoms with E-state index in [9.17, 15) is 4.79 Å². The first-order chi connectivity index (χ1) is 6.04. The standard InChI is InChI=1S/C7H5O.C2H4O2.Tl/c8-6-7-4-2-1-3-5-7;1-2(3)4;/h1-5H;1H3,(H,3,4);/q;;+1/p-1. The van der Waals surface area contributed by atoms with Crippen LogP contribution in [0.1, 0.15) is 17.3 Å². The number of benzene rings is 1. The Bertz CT molecular complexity index is 278. The van der Waals surface area contributed by atoms with E-state index in [1.807, 2.05) is 30.3 Å². The molecule has 0 fully saturated rings. The van der Waals surface area contributed by atoms with Crippen molar-refractivity contribution in [1.82, 2.24) is 0 Å². The van der Waals surface area contributed by atoms with Gasteiger partial charge in [-0.2, -0.15) is 0 Å². The minimum atomic E-state index is -1.08. The second kappa shape index (κ2) is 6.76. The summed E-state index contributed by atoms with van der Waals surface area (Å²) in [6.07, 6.45) is 0. The van der Waals surface area contributed by atoms with Gasteiger partial charge in [-0.25, -0.2) is 0 Å². The Morgan fingerprint density at radius 2 is 1.62 bits per heavy atom. The molecule has 4 heteroatoms. The fraction of sp³-hybridized carbons (Fsp3) is 0.111. The molecule has 1 aromatic rings. The van der Waals surface area contributed by atoms with Gasteiger partial charge in [0.25, 0.3) is 0 Å². The van der Waals surface area contributed by atoms with Crippen LogP contribution in [0.25, 0.3) is 0 Å². The van der Waals surface area contributed by atoms with E-state index in [-0.39, 0.29) is 3.34 Å². The number of carboxylic acids is 1. The predicted molar refractivity (Wildman–Crippen MR) is 47.2 cm³/mol. The van der Waals surface area contributed by atoms with Crippen molar-refractivity contribution in [2.45, 2.75) is 6.92 Å². The molecule has 0 spiro atoms. The van der Waals surface area contributed by atoms with Gasteiger partial charge in [0, 0.05) is 5.97 Å². The third kappa shape index (κ3) is 7.64. The second-order valence-corrected chi connectivity index (χ2v) is 4.26. The minimum absolute atomic E-state index is 0.288. The van der Waals surface area contributed by atoms with Crippen molar-refractivity contribution < 1.29 is 14.7 Å². The molecule has 0 atom stereocenters.